The molecule has 1 N–H and O–H groups in total. The highest BCUT2D eigenvalue weighted by Crippen LogP contribution is 2.36. The molecule has 1 amide bonds. The van der Waals surface area contributed by atoms with Crippen molar-refractivity contribution in [2.75, 3.05) is 6.61 Å². The van der Waals surface area contributed by atoms with E-state index in [-0.39, 0.29) is 12.3 Å². The predicted octanol–water partition coefficient (Wildman–Crippen LogP) is 3.03. The molecule has 0 heterocycles. The van der Waals surface area contributed by atoms with Gasteiger partial charge in [0.1, 0.15) is 18.0 Å². The second-order valence-electron chi connectivity index (χ2n) is 6.45. The minimum absolute atomic E-state index is 0.0255. The average Bonchev–Trinajstić information content (AvgIpc) is 3.14. The summed E-state index contributed by atoms with van der Waals surface area (Å²) in [5.74, 6) is 0.409. The van der Waals surface area contributed by atoms with Gasteiger partial charge in [-0.1, -0.05) is 6.07 Å². The first-order valence-electron chi connectivity index (χ1n) is 7.08. The fourth-order valence-electron chi connectivity index (χ4n) is 1.88. The maximum atomic E-state index is 11.8. The van der Waals surface area contributed by atoms with E-state index in [0.717, 1.165) is 12.8 Å². The summed E-state index contributed by atoms with van der Waals surface area (Å²) in [6, 6.07) is 5.98. The summed E-state index contributed by atoms with van der Waals surface area (Å²) in [4.78, 5) is 22.0. The lowest BCUT2D eigenvalue weighted by Gasteiger charge is -2.23. The summed E-state index contributed by atoms with van der Waals surface area (Å²) < 4.78 is 10.8. The molecule has 2 rings (SSSR count). The van der Waals surface area contributed by atoms with Crippen LogP contribution in [0.15, 0.2) is 24.3 Å². The van der Waals surface area contributed by atoms with Crippen LogP contribution in [0.4, 0.5) is 10.5 Å². The zero-order chi connectivity index (χ0) is 16.4. The molecule has 1 aliphatic carbocycles. The molecule has 120 valence electrons. The van der Waals surface area contributed by atoms with Crippen molar-refractivity contribution in [1.29, 1.82) is 0 Å². The first-order valence-corrected chi connectivity index (χ1v) is 7.08. The van der Waals surface area contributed by atoms with Gasteiger partial charge in [0, 0.05) is 6.07 Å². The Bertz CT molecular complexity index is 576. The first kappa shape index (κ1) is 16.1. The van der Waals surface area contributed by atoms with Gasteiger partial charge in [-0.15, -0.1) is 0 Å². The van der Waals surface area contributed by atoms with Crippen molar-refractivity contribution >= 4 is 11.8 Å². The molecule has 1 aromatic rings. The zero-order valence-corrected chi connectivity index (χ0v) is 12.9. The van der Waals surface area contributed by atoms with E-state index < -0.39 is 22.2 Å². The second-order valence-corrected chi connectivity index (χ2v) is 6.45. The quantitative estimate of drug-likeness (QED) is 0.667. The van der Waals surface area contributed by atoms with Gasteiger partial charge < -0.3 is 14.8 Å². The normalized spacial score (nSPS) is 15.8. The fraction of sp³-hybridized carbons (Fsp3) is 0.533. The van der Waals surface area contributed by atoms with Gasteiger partial charge in [0.05, 0.1) is 16.5 Å². The Kier molecular flexibility index (Phi) is 4.25. The third-order valence-electron chi connectivity index (χ3n) is 3.16. The predicted molar refractivity (Wildman–Crippen MR) is 79.9 cm³/mol. The molecule has 1 aliphatic rings. The Morgan fingerprint density at radius 1 is 1.41 bits per heavy atom. The van der Waals surface area contributed by atoms with Crippen LogP contribution in [0.1, 0.15) is 33.6 Å². The summed E-state index contributed by atoms with van der Waals surface area (Å²) in [6.45, 7) is 5.65. The molecule has 0 atom stereocenters. The lowest BCUT2D eigenvalue weighted by Crippen LogP contribution is -2.44. The molecule has 0 saturated heterocycles. The van der Waals surface area contributed by atoms with Gasteiger partial charge in [-0.25, -0.2) is 4.79 Å². The maximum absolute atomic E-state index is 11.8. The van der Waals surface area contributed by atoms with Crippen LogP contribution in [0.2, 0.25) is 0 Å². The average molecular weight is 308 g/mol. The Morgan fingerprint density at radius 3 is 2.64 bits per heavy atom. The van der Waals surface area contributed by atoms with E-state index in [0.29, 0.717) is 5.75 Å². The highest BCUT2D eigenvalue weighted by molar-refractivity contribution is 5.69. The van der Waals surface area contributed by atoms with Gasteiger partial charge in [0.15, 0.2) is 0 Å². The minimum atomic E-state index is -0.555. The van der Waals surface area contributed by atoms with Crippen LogP contribution < -0.4 is 10.1 Å². The number of nitro benzene ring substituents is 1. The molecule has 22 heavy (non-hydrogen) atoms. The van der Waals surface area contributed by atoms with Crippen LogP contribution in [0.25, 0.3) is 0 Å². The number of rotatable bonds is 5. The van der Waals surface area contributed by atoms with Crippen molar-refractivity contribution in [3.05, 3.63) is 34.4 Å². The molecule has 1 aromatic carbocycles. The SMILES string of the molecule is CC(C)(C)OC(=O)NC1(COc2cccc([N+](=O)[O-])c2)CC1. The number of ether oxygens (including phenoxy) is 2. The monoisotopic (exact) mass is 308 g/mol. The molecule has 7 heteroatoms. The zero-order valence-electron chi connectivity index (χ0n) is 12.9. The molecule has 1 saturated carbocycles. The number of benzene rings is 1. The molecule has 1 fully saturated rings. The number of carbonyl (C=O) groups excluding carboxylic acids is 1. The summed E-state index contributed by atoms with van der Waals surface area (Å²) in [5, 5.41) is 13.5. The van der Waals surface area contributed by atoms with Crippen LogP contribution in [0, 0.1) is 10.1 Å². The van der Waals surface area contributed by atoms with E-state index in [2.05, 4.69) is 5.32 Å². The summed E-state index contributed by atoms with van der Waals surface area (Å²) in [7, 11) is 0. The summed E-state index contributed by atoms with van der Waals surface area (Å²) in [6.07, 6.45) is 1.11. The molecule has 0 spiro atoms. The van der Waals surface area contributed by atoms with Gasteiger partial charge >= 0.3 is 6.09 Å². The van der Waals surface area contributed by atoms with Crippen LogP contribution in [-0.4, -0.2) is 28.8 Å². The topological polar surface area (TPSA) is 90.7 Å². The number of amides is 1. The summed E-state index contributed by atoms with van der Waals surface area (Å²) >= 11 is 0. The van der Waals surface area contributed by atoms with Gasteiger partial charge in [-0.05, 0) is 39.7 Å². The second kappa shape index (κ2) is 5.82. The van der Waals surface area contributed by atoms with Gasteiger partial charge in [0.25, 0.3) is 5.69 Å². The fourth-order valence-corrected chi connectivity index (χ4v) is 1.88. The minimum Gasteiger partial charge on any atom is -0.491 e. The van der Waals surface area contributed by atoms with Gasteiger partial charge in [-0.3, -0.25) is 10.1 Å². The van der Waals surface area contributed by atoms with Crippen molar-refractivity contribution < 1.29 is 19.2 Å². The number of nitrogens with zero attached hydrogens (tertiary/aromatic N) is 1. The van der Waals surface area contributed by atoms with E-state index in [4.69, 9.17) is 9.47 Å². The third-order valence-corrected chi connectivity index (χ3v) is 3.16. The van der Waals surface area contributed by atoms with Crippen molar-refractivity contribution in [3.63, 3.8) is 0 Å². The molecule has 7 nitrogen and oxygen atoms in total. The number of hydrogen-bond acceptors (Lipinski definition) is 5. The number of nitrogens with one attached hydrogen (secondary N) is 1. The van der Waals surface area contributed by atoms with E-state index in [1.807, 2.05) is 0 Å². The van der Waals surface area contributed by atoms with Crippen molar-refractivity contribution in [3.8, 4) is 5.75 Å². The largest absolute Gasteiger partial charge is 0.491 e. The maximum Gasteiger partial charge on any atom is 0.408 e. The van der Waals surface area contributed by atoms with Crippen molar-refractivity contribution in [2.24, 2.45) is 0 Å². The first-order chi connectivity index (χ1) is 10.2. The number of carbonyl (C=O) groups is 1. The highest BCUT2D eigenvalue weighted by Gasteiger charge is 2.46. The number of nitro groups is 1. The Morgan fingerprint density at radius 2 is 2.09 bits per heavy atom. The van der Waals surface area contributed by atoms with Crippen LogP contribution in [-0.2, 0) is 4.74 Å². The lowest BCUT2D eigenvalue weighted by atomic mass is 10.2. The number of hydrogen-bond donors (Lipinski definition) is 1. The Hall–Kier alpha value is -2.31. The summed E-state index contributed by atoms with van der Waals surface area (Å²) in [5.41, 5.74) is -1.02. The standard InChI is InChI=1S/C15H20N2O5/c1-14(2,3)22-13(18)16-15(7-8-15)10-21-12-6-4-5-11(9-12)17(19)20/h4-6,9H,7-8,10H2,1-3H3,(H,16,18). The molecule has 0 aromatic heterocycles. The lowest BCUT2D eigenvalue weighted by molar-refractivity contribution is -0.384. The van der Waals surface area contributed by atoms with Crippen molar-refractivity contribution in [2.45, 2.75) is 44.8 Å². The van der Waals surface area contributed by atoms with E-state index in [1.54, 1.807) is 32.9 Å². The van der Waals surface area contributed by atoms with Gasteiger partial charge in [-0.2, -0.15) is 0 Å². The van der Waals surface area contributed by atoms with E-state index >= 15 is 0 Å². The molecule has 0 bridgehead atoms. The van der Waals surface area contributed by atoms with Crippen LogP contribution in [0.3, 0.4) is 0 Å². The Balaban J connectivity index is 1.90. The van der Waals surface area contributed by atoms with E-state index in [1.165, 1.54) is 12.1 Å². The molecule has 0 radical (unpaired) electrons. The van der Waals surface area contributed by atoms with E-state index in [9.17, 15) is 14.9 Å². The number of non-ortho nitro benzene ring substituents is 1. The smallest absolute Gasteiger partial charge is 0.408 e. The highest BCUT2D eigenvalue weighted by atomic mass is 16.6. The molecule has 0 unspecified atom stereocenters. The molecular formula is C15H20N2O5. The van der Waals surface area contributed by atoms with Crippen molar-refractivity contribution in [1.82, 2.24) is 5.32 Å². The molecule has 0 aliphatic heterocycles. The molecular weight excluding hydrogens is 288 g/mol. The third kappa shape index (κ3) is 4.61. The van der Waals surface area contributed by atoms with Gasteiger partial charge in [0.2, 0.25) is 0 Å². The van der Waals surface area contributed by atoms with Crippen LogP contribution >= 0.6 is 0 Å². The number of alkyl carbamates (subject to hydrolysis) is 1. The Labute approximate surface area is 128 Å². The van der Waals surface area contributed by atoms with Crippen LogP contribution in [0.5, 0.6) is 5.75 Å².